The number of Topliss-reactive ketones (excluding diaryl/α,β-unsaturated/α-hetero) is 1. The average molecular weight is 500 g/mol. The molecule has 1 saturated heterocycles. The molecule has 0 bridgehead atoms. The summed E-state index contributed by atoms with van der Waals surface area (Å²) in [5, 5.41) is 11.3. The van der Waals surface area contributed by atoms with Crippen molar-refractivity contribution in [3.8, 4) is 11.5 Å². The van der Waals surface area contributed by atoms with E-state index in [2.05, 4.69) is 13.8 Å². The van der Waals surface area contributed by atoms with E-state index in [1.807, 2.05) is 62.4 Å². The number of hydrogen-bond acceptors (Lipinski definition) is 5. The van der Waals surface area contributed by atoms with Gasteiger partial charge >= 0.3 is 0 Å². The van der Waals surface area contributed by atoms with Crippen molar-refractivity contribution in [1.82, 2.24) is 4.90 Å². The lowest BCUT2D eigenvalue weighted by molar-refractivity contribution is -0.140. The number of amides is 1. The van der Waals surface area contributed by atoms with E-state index >= 15 is 0 Å². The first-order valence-electron chi connectivity index (χ1n) is 12.4. The number of methoxy groups -OCH3 is 1. The lowest BCUT2D eigenvalue weighted by Crippen LogP contribution is -2.29. The van der Waals surface area contributed by atoms with Crippen molar-refractivity contribution in [2.24, 2.45) is 5.92 Å². The first-order chi connectivity index (χ1) is 17.7. The van der Waals surface area contributed by atoms with Gasteiger partial charge in [0.25, 0.3) is 11.7 Å². The van der Waals surface area contributed by atoms with E-state index in [-0.39, 0.29) is 17.9 Å². The largest absolute Gasteiger partial charge is 0.507 e. The molecule has 0 aliphatic carbocycles. The van der Waals surface area contributed by atoms with Crippen LogP contribution in [-0.2, 0) is 16.1 Å². The number of hydrogen-bond donors (Lipinski definition) is 1. The zero-order valence-corrected chi connectivity index (χ0v) is 21.9. The molecule has 0 aromatic heterocycles. The molecule has 0 radical (unpaired) electrons. The second kappa shape index (κ2) is 10.9. The molecule has 4 rings (SSSR count). The quantitative estimate of drug-likeness (QED) is 0.235. The molecule has 1 amide bonds. The van der Waals surface area contributed by atoms with Crippen LogP contribution in [-0.4, -0.2) is 35.4 Å². The van der Waals surface area contributed by atoms with Gasteiger partial charge in [-0.25, -0.2) is 0 Å². The zero-order chi connectivity index (χ0) is 26.7. The lowest BCUT2D eigenvalue weighted by atomic mass is 9.94. The van der Waals surface area contributed by atoms with Crippen LogP contribution < -0.4 is 9.47 Å². The summed E-state index contributed by atoms with van der Waals surface area (Å²) in [7, 11) is 1.58. The van der Waals surface area contributed by atoms with Crippen LogP contribution in [0.25, 0.3) is 5.76 Å². The van der Waals surface area contributed by atoms with E-state index in [0.29, 0.717) is 23.8 Å². The van der Waals surface area contributed by atoms with Crippen molar-refractivity contribution in [3.05, 3.63) is 100 Å². The Kier molecular flexibility index (Phi) is 7.67. The third kappa shape index (κ3) is 5.53. The number of ether oxygens (including phenoxy) is 2. The Labute approximate surface area is 218 Å². The number of likely N-dealkylation sites (tertiary alicyclic amines) is 1. The van der Waals surface area contributed by atoms with E-state index in [9.17, 15) is 14.7 Å². The normalized spacial score (nSPS) is 16.9. The van der Waals surface area contributed by atoms with Gasteiger partial charge in [-0.15, -0.1) is 0 Å². The Bertz CT molecular complexity index is 1340. The summed E-state index contributed by atoms with van der Waals surface area (Å²) in [4.78, 5) is 28.2. The summed E-state index contributed by atoms with van der Waals surface area (Å²) in [5.41, 5.74) is 3.97. The number of aliphatic hydroxyl groups is 1. The second-order valence-electron chi connectivity index (χ2n) is 9.87. The van der Waals surface area contributed by atoms with Crippen molar-refractivity contribution >= 4 is 17.4 Å². The minimum absolute atomic E-state index is 0.0806. The summed E-state index contributed by atoms with van der Waals surface area (Å²) < 4.78 is 11.1. The Hall–Kier alpha value is -4.06. The van der Waals surface area contributed by atoms with Gasteiger partial charge in [-0.2, -0.15) is 0 Å². The van der Waals surface area contributed by atoms with E-state index in [4.69, 9.17) is 9.47 Å². The summed E-state index contributed by atoms with van der Waals surface area (Å²) >= 11 is 0. The molecular formula is C31H33NO5. The van der Waals surface area contributed by atoms with Crippen LogP contribution in [0.2, 0.25) is 0 Å². The van der Waals surface area contributed by atoms with Crippen molar-refractivity contribution in [3.63, 3.8) is 0 Å². The molecule has 1 fully saturated rings. The van der Waals surface area contributed by atoms with Crippen molar-refractivity contribution in [2.45, 2.75) is 40.3 Å². The van der Waals surface area contributed by atoms with Gasteiger partial charge in [0.1, 0.15) is 17.3 Å². The highest BCUT2D eigenvalue weighted by molar-refractivity contribution is 6.46. The maximum atomic E-state index is 13.3. The molecule has 1 atom stereocenters. The van der Waals surface area contributed by atoms with Crippen LogP contribution in [0.1, 0.15) is 47.7 Å². The van der Waals surface area contributed by atoms with Crippen molar-refractivity contribution in [2.75, 3.05) is 13.7 Å². The predicted octanol–water partition coefficient (Wildman–Crippen LogP) is 5.97. The fraction of sp³-hybridized carbons (Fsp3) is 0.290. The fourth-order valence-corrected chi connectivity index (χ4v) is 4.56. The first-order valence-corrected chi connectivity index (χ1v) is 12.4. The van der Waals surface area contributed by atoms with Crippen LogP contribution in [0, 0.1) is 19.8 Å². The maximum Gasteiger partial charge on any atom is 0.295 e. The fourth-order valence-electron chi connectivity index (χ4n) is 4.56. The highest BCUT2D eigenvalue weighted by Gasteiger charge is 2.46. The molecule has 6 heteroatoms. The molecule has 0 saturated carbocycles. The number of aliphatic hydroxyl groups excluding tert-OH is 1. The number of carbonyl (C=O) groups is 2. The Morgan fingerprint density at radius 3 is 2.35 bits per heavy atom. The van der Waals surface area contributed by atoms with Crippen LogP contribution in [0.15, 0.2) is 72.3 Å². The third-order valence-electron chi connectivity index (χ3n) is 6.43. The minimum atomic E-state index is -0.723. The van der Waals surface area contributed by atoms with Gasteiger partial charge in [-0.1, -0.05) is 55.8 Å². The number of nitrogens with zero attached hydrogens (tertiary/aromatic N) is 1. The number of rotatable bonds is 8. The summed E-state index contributed by atoms with van der Waals surface area (Å²) in [6.45, 7) is 8.82. The highest BCUT2D eigenvalue weighted by atomic mass is 16.5. The molecule has 192 valence electrons. The minimum Gasteiger partial charge on any atom is -0.507 e. The molecule has 1 unspecified atom stereocenters. The Morgan fingerprint density at radius 1 is 1.00 bits per heavy atom. The van der Waals surface area contributed by atoms with Crippen LogP contribution in [0.3, 0.4) is 0 Å². The number of benzene rings is 3. The molecule has 3 aromatic rings. The number of carbonyl (C=O) groups excluding carboxylic acids is 2. The third-order valence-corrected chi connectivity index (χ3v) is 6.43. The van der Waals surface area contributed by atoms with E-state index < -0.39 is 17.7 Å². The van der Waals surface area contributed by atoms with Gasteiger partial charge in [-0.3, -0.25) is 9.59 Å². The summed E-state index contributed by atoms with van der Waals surface area (Å²) in [6.07, 6.45) is 0. The van der Waals surface area contributed by atoms with Gasteiger partial charge in [0.05, 0.1) is 25.3 Å². The van der Waals surface area contributed by atoms with E-state index in [1.54, 1.807) is 25.3 Å². The first kappa shape index (κ1) is 26.0. The van der Waals surface area contributed by atoms with E-state index in [1.165, 1.54) is 4.90 Å². The van der Waals surface area contributed by atoms with Gasteiger partial charge < -0.3 is 19.5 Å². The predicted molar refractivity (Wildman–Crippen MR) is 144 cm³/mol. The van der Waals surface area contributed by atoms with Crippen molar-refractivity contribution in [1.29, 1.82) is 0 Å². The highest BCUT2D eigenvalue weighted by Crippen LogP contribution is 2.41. The molecular weight excluding hydrogens is 466 g/mol. The molecule has 3 aromatic carbocycles. The van der Waals surface area contributed by atoms with Crippen LogP contribution in [0.5, 0.6) is 11.5 Å². The lowest BCUT2D eigenvalue weighted by Gasteiger charge is -2.26. The van der Waals surface area contributed by atoms with Gasteiger partial charge in [-0.05, 0) is 66.8 Å². The number of ketones is 1. The molecule has 0 spiro atoms. The van der Waals surface area contributed by atoms with Gasteiger partial charge in [0.2, 0.25) is 0 Å². The van der Waals surface area contributed by atoms with E-state index in [0.717, 1.165) is 28.0 Å². The van der Waals surface area contributed by atoms with Crippen LogP contribution in [0.4, 0.5) is 0 Å². The van der Waals surface area contributed by atoms with Gasteiger partial charge in [0.15, 0.2) is 0 Å². The van der Waals surface area contributed by atoms with Gasteiger partial charge in [0, 0.05) is 12.1 Å². The standard InChI is InChI=1S/C31H33NO5/c1-19(2)18-37-25-12-9-22(10-13-25)17-32-28(23-8-6-7-20(3)15-23)27(30(34)31(32)35)29(33)24-11-14-26(36-5)21(4)16-24/h6-16,19,28,33H,17-18H2,1-5H3/b29-27-. The summed E-state index contributed by atoms with van der Waals surface area (Å²) in [5.74, 6) is 0.302. The van der Waals surface area contributed by atoms with Crippen LogP contribution >= 0.6 is 0 Å². The smallest absolute Gasteiger partial charge is 0.295 e. The SMILES string of the molecule is COc1ccc(/C(O)=C2/C(=O)C(=O)N(Cc3ccc(OCC(C)C)cc3)C2c2cccc(C)c2)cc1C. The molecule has 1 heterocycles. The molecule has 1 aliphatic rings. The molecule has 6 nitrogen and oxygen atoms in total. The van der Waals surface area contributed by atoms with Crippen molar-refractivity contribution < 1.29 is 24.2 Å². The topological polar surface area (TPSA) is 76.1 Å². The maximum absolute atomic E-state index is 13.3. The molecule has 1 aliphatic heterocycles. The summed E-state index contributed by atoms with van der Waals surface area (Å²) in [6, 6.07) is 19.7. The molecule has 1 N–H and O–H groups in total. The average Bonchev–Trinajstić information content (AvgIpc) is 3.12. The number of aryl methyl sites for hydroxylation is 2. The second-order valence-corrected chi connectivity index (χ2v) is 9.87. The molecule has 37 heavy (non-hydrogen) atoms. The monoisotopic (exact) mass is 499 g/mol. The Balaban J connectivity index is 1.75. The zero-order valence-electron chi connectivity index (χ0n) is 21.9. The Morgan fingerprint density at radius 2 is 1.73 bits per heavy atom.